The zero-order valence-corrected chi connectivity index (χ0v) is 20.5. The Morgan fingerprint density at radius 1 is 1.16 bits per heavy atom. The molecule has 0 saturated heterocycles. The molecule has 162 valence electrons. The SMILES string of the molecule is COc1cc(/C=C2\N=C(c3ccc(Br)cc3)OC2=O)cc(I)c1OCc1cccc(F)c1. The lowest BCUT2D eigenvalue weighted by Crippen LogP contribution is -2.05. The fraction of sp³-hybridized carbons (Fsp3) is 0.0833. The Morgan fingerprint density at radius 3 is 2.66 bits per heavy atom. The summed E-state index contributed by atoms with van der Waals surface area (Å²) in [5, 5.41) is 0. The Bertz CT molecular complexity index is 1240. The van der Waals surface area contributed by atoms with Gasteiger partial charge in [-0.25, -0.2) is 14.2 Å². The Kier molecular flexibility index (Phi) is 6.90. The Morgan fingerprint density at radius 2 is 1.94 bits per heavy atom. The molecule has 0 saturated carbocycles. The van der Waals surface area contributed by atoms with E-state index in [0.29, 0.717) is 28.2 Å². The van der Waals surface area contributed by atoms with Crippen molar-refractivity contribution in [2.24, 2.45) is 4.99 Å². The van der Waals surface area contributed by atoms with Gasteiger partial charge in [0.05, 0.1) is 10.7 Å². The summed E-state index contributed by atoms with van der Waals surface area (Å²) in [6.45, 7) is 0.192. The molecule has 32 heavy (non-hydrogen) atoms. The minimum atomic E-state index is -0.525. The quantitative estimate of drug-likeness (QED) is 0.192. The number of methoxy groups -OCH3 is 1. The molecule has 0 aliphatic carbocycles. The zero-order valence-electron chi connectivity index (χ0n) is 16.8. The van der Waals surface area contributed by atoms with Crippen molar-refractivity contribution in [3.63, 3.8) is 0 Å². The summed E-state index contributed by atoms with van der Waals surface area (Å²) in [6, 6.07) is 17.1. The van der Waals surface area contributed by atoms with Crippen LogP contribution in [0.3, 0.4) is 0 Å². The molecular weight excluding hydrogens is 592 g/mol. The number of cyclic esters (lactones) is 1. The number of carbonyl (C=O) groups is 1. The van der Waals surface area contributed by atoms with Crippen molar-refractivity contribution >= 4 is 56.5 Å². The van der Waals surface area contributed by atoms with Crippen molar-refractivity contribution in [1.82, 2.24) is 0 Å². The number of carbonyl (C=O) groups excluding carboxylic acids is 1. The third-order valence-corrected chi connectivity index (χ3v) is 5.87. The van der Waals surface area contributed by atoms with E-state index < -0.39 is 5.97 Å². The first-order chi connectivity index (χ1) is 15.4. The van der Waals surface area contributed by atoms with E-state index in [1.54, 1.807) is 24.3 Å². The number of esters is 1. The van der Waals surface area contributed by atoms with Crippen molar-refractivity contribution < 1.29 is 23.4 Å². The van der Waals surface area contributed by atoms with Crippen LogP contribution in [0, 0.1) is 9.39 Å². The van der Waals surface area contributed by atoms with E-state index in [-0.39, 0.29) is 24.0 Å². The van der Waals surface area contributed by atoms with Crippen LogP contribution in [-0.4, -0.2) is 19.0 Å². The van der Waals surface area contributed by atoms with Crippen molar-refractivity contribution in [1.29, 1.82) is 0 Å². The molecule has 0 aromatic heterocycles. The molecular formula is C24H16BrFINO4. The van der Waals surface area contributed by atoms with Gasteiger partial charge in [0.1, 0.15) is 12.4 Å². The lowest BCUT2D eigenvalue weighted by molar-refractivity contribution is -0.129. The zero-order chi connectivity index (χ0) is 22.7. The number of rotatable bonds is 6. The van der Waals surface area contributed by atoms with Crippen LogP contribution < -0.4 is 9.47 Å². The third-order valence-electron chi connectivity index (χ3n) is 4.54. The van der Waals surface area contributed by atoms with E-state index in [0.717, 1.165) is 8.04 Å². The number of halogens is 3. The van der Waals surface area contributed by atoms with Crippen LogP contribution in [0.4, 0.5) is 4.39 Å². The van der Waals surface area contributed by atoms with Gasteiger partial charge in [-0.3, -0.25) is 0 Å². The molecule has 0 spiro atoms. The van der Waals surface area contributed by atoms with E-state index in [2.05, 4.69) is 43.5 Å². The second kappa shape index (κ2) is 9.83. The average Bonchev–Trinajstić information content (AvgIpc) is 3.13. The van der Waals surface area contributed by atoms with E-state index in [4.69, 9.17) is 14.2 Å². The monoisotopic (exact) mass is 607 g/mol. The van der Waals surface area contributed by atoms with E-state index in [9.17, 15) is 9.18 Å². The fourth-order valence-corrected chi connectivity index (χ4v) is 4.07. The van der Waals surface area contributed by atoms with E-state index in [1.807, 2.05) is 30.3 Å². The van der Waals surface area contributed by atoms with Gasteiger partial charge in [0.25, 0.3) is 0 Å². The molecule has 0 radical (unpaired) electrons. The van der Waals surface area contributed by atoms with Crippen molar-refractivity contribution in [2.75, 3.05) is 7.11 Å². The maximum absolute atomic E-state index is 13.4. The van der Waals surface area contributed by atoms with Crippen LogP contribution in [0.5, 0.6) is 11.5 Å². The highest BCUT2D eigenvalue weighted by Crippen LogP contribution is 2.35. The first-order valence-corrected chi connectivity index (χ1v) is 11.3. The first kappa shape index (κ1) is 22.5. The molecule has 3 aromatic rings. The lowest BCUT2D eigenvalue weighted by atomic mass is 10.1. The van der Waals surface area contributed by atoms with E-state index in [1.165, 1.54) is 19.2 Å². The fourth-order valence-electron chi connectivity index (χ4n) is 3.03. The van der Waals surface area contributed by atoms with E-state index >= 15 is 0 Å². The van der Waals surface area contributed by atoms with Gasteiger partial charge in [0.15, 0.2) is 17.2 Å². The van der Waals surface area contributed by atoms with Crippen LogP contribution in [0.1, 0.15) is 16.7 Å². The molecule has 5 nitrogen and oxygen atoms in total. The molecule has 1 heterocycles. The van der Waals surface area contributed by atoms with Gasteiger partial charge in [-0.1, -0.05) is 28.1 Å². The Hall–Kier alpha value is -2.72. The van der Waals surface area contributed by atoms with Gasteiger partial charge in [0, 0.05) is 10.0 Å². The molecule has 1 aliphatic heterocycles. The summed E-state index contributed by atoms with van der Waals surface area (Å²) < 4.78 is 31.8. The minimum absolute atomic E-state index is 0.189. The molecule has 3 aromatic carbocycles. The van der Waals surface area contributed by atoms with Gasteiger partial charge in [0.2, 0.25) is 5.90 Å². The second-order valence-electron chi connectivity index (χ2n) is 6.80. The third kappa shape index (κ3) is 5.18. The summed E-state index contributed by atoms with van der Waals surface area (Å²) >= 11 is 5.50. The number of aliphatic imine (C=N–C) groups is 1. The Balaban J connectivity index is 1.59. The van der Waals surface area contributed by atoms with Crippen LogP contribution in [0.2, 0.25) is 0 Å². The molecule has 8 heteroatoms. The average molecular weight is 608 g/mol. The van der Waals surface area contributed by atoms with Crippen molar-refractivity contribution in [3.8, 4) is 11.5 Å². The second-order valence-corrected chi connectivity index (χ2v) is 8.87. The maximum atomic E-state index is 13.4. The maximum Gasteiger partial charge on any atom is 0.363 e. The summed E-state index contributed by atoms with van der Waals surface area (Å²) in [5.74, 6) is 0.436. The van der Waals surface area contributed by atoms with Crippen LogP contribution in [0.15, 0.2) is 75.8 Å². The van der Waals surface area contributed by atoms with Gasteiger partial charge in [-0.15, -0.1) is 0 Å². The predicted molar refractivity (Wildman–Crippen MR) is 131 cm³/mol. The predicted octanol–water partition coefficient (Wildman–Crippen LogP) is 6.12. The number of benzene rings is 3. The summed E-state index contributed by atoms with van der Waals surface area (Å²) in [6.07, 6.45) is 1.63. The number of hydrogen-bond donors (Lipinski definition) is 0. The highest BCUT2D eigenvalue weighted by Gasteiger charge is 2.24. The molecule has 0 fully saturated rings. The van der Waals surface area contributed by atoms with Gasteiger partial charge in [-0.05, 0) is 88.3 Å². The minimum Gasteiger partial charge on any atom is -0.493 e. The largest absolute Gasteiger partial charge is 0.493 e. The molecule has 0 bridgehead atoms. The summed E-state index contributed by atoms with van der Waals surface area (Å²) in [7, 11) is 1.53. The first-order valence-electron chi connectivity index (χ1n) is 9.46. The lowest BCUT2D eigenvalue weighted by Gasteiger charge is -2.14. The molecule has 0 amide bonds. The van der Waals surface area contributed by atoms with Crippen molar-refractivity contribution in [3.05, 3.63) is 96.9 Å². The molecule has 0 unspecified atom stereocenters. The molecule has 1 aliphatic rings. The normalized spacial score (nSPS) is 14.3. The molecule has 0 atom stereocenters. The standard InChI is InChI=1S/C24H16BrFINO4/c1-30-21-12-15(10-19(27)22(21)31-13-14-3-2-4-18(26)9-14)11-20-24(29)32-23(28-20)16-5-7-17(25)8-6-16/h2-12H,13H2,1H3/b20-11-. The number of hydrogen-bond acceptors (Lipinski definition) is 5. The topological polar surface area (TPSA) is 57.1 Å². The van der Waals surface area contributed by atoms with Gasteiger partial charge < -0.3 is 14.2 Å². The summed E-state index contributed by atoms with van der Waals surface area (Å²) in [4.78, 5) is 16.7. The molecule has 4 rings (SSSR count). The highest BCUT2D eigenvalue weighted by atomic mass is 127. The summed E-state index contributed by atoms with van der Waals surface area (Å²) in [5.41, 5.74) is 2.31. The smallest absolute Gasteiger partial charge is 0.363 e. The van der Waals surface area contributed by atoms with Gasteiger partial charge in [-0.2, -0.15) is 0 Å². The van der Waals surface area contributed by atoms with Crippen LogP contribution in [-0.2, 0) is 16.1 Å². The molecule has 0 N–H and O–H groups in total. The van der Waals surface area contributed by atoms with Crippen molar-refractivity contribution in [2.45, 2.75) is 6.61 Å². The number of ether oxygens (including phenoxy) is 3. The Labute approximate surface area is 206 Å². The number of nitrogens with zero attached hydrogens (tertiary/aromatic N) is 1. The highest BCUT2D eigenvalue weighted by molar-refractivity contribution is 14.1. The van der Waals surface area contributed by atoms with Crippen LogP contribution in [0.25, 0.3) is 6.08 Å². The van der Waals surface area contributed by atoms with Crippen LogP contribution >= 0.6 is 38.5 Å². The van der Waals surface area contributed by atoms with Gasteiger partial charge >= 0.3 is 5.97 Å².